The Morgan fingerprint density at radius 3 is 2.85 bits per heavy atom. The Balaban J connectivity index is 1.32. The highest BCUT2D eigenvalue weighted by molar-refractivity contribution is 5.80. The van der Waals surface area contributed by atoms with E-state index in [2.05, 4.69) is 43.1 Å². The Bertz CT molecular complexity index is 1060. The van der Waals surface area contributed by atoms with E-state index in [1.807, 2.05) is 29.8 Å². The molecular weight excluding hydrogens is 328 g/mol. The summed E-state index contributed by atoms with van der Waals surface area (Å²) < 4.78 is 7.50. The van der Waals surface area contributed by atoms with Crippen molar-refractivity contribution in [2.45, 2.75) is 13.5 Å². The van der Waals surface area contributed by atoms with Crippen molar-refractivity contribution in [3.05, 3.63) is 54.2 Å². The van der Waals surface area contributed by atoms with E-state index in [1.54, 1.807) is 6.33 Å². The molecule has 4 heterocycles. The van der Waals surface area contributed by atoms with Crippen LogP contribution in [0.5, 0.6) is 0 Å². The molecule has 1 saturated heterocycles. The van der Waals surface area contributed by atoms with Gasteiger partial charge in [-0.15, -0.1) is 0 Å². The third-order valence-electron chi connectivity index (χ3n) is 5.01. The fraction of sp³-hybridized carbons (Fsp3) is 0.316. The monoisotopic (exact) mass is 348 g/mol. The van der Waals surface area contributed by atoms with Crippen molar-refractivity contribution in [3.8, 4) is 0 Å². The van der Waals surface area contributed by atoms with Crippen LogP contribution >= 0.6 is 0 Å². The molecule has 1 fully saturated rings. The highest BCUT2D eigenvalue weighted by Gasteiger charge is 2.21. The fourth-order valence-electron chi connectivity index (χ4n) is 3.67. The maximum Gasteiger partial charge on any atom is 0.254 e. The predicted octanol–water partition coefficient (Wildman–Crippen LogP) is 2.50. The van der Waals surface area contributed by atoms with E-state index in [1.165, 1.54) is 10.9 Å². The van der Waals surface area contributed by atoms with Crippen LogP contribution in [0.15, 0.2) is 47.3 Å². The second kappa shape index (κ2) is 6.10. The Morgan fingerprint density at radius 2 is 1.96 bits per heavy atom. The summed E-state index contributed by atoms with van der Waals surface area (Å²) in [6.07, 6.45) is 3.45. The molecule has 5 rings (SSSR count). The van der Waals surface area contributed by atoms with Crippen molar-refractivity contribution in [1.29, 1.82) is 0 Å². The topological polar surface area (TPSA) is 62.7 Å². The molecule has 4 aromatic rings. The SMILES string of the molecule is Cc1cc(N2CCN(Cc3coc4ccccc34)CC2)n2ncnc2n1. The number of fused-ring (bicyclic) bond motifs is 2. The van der Waals surface area contributed by atoms with Gasteiger partial charge in [-0.2, -0.15) is 14.6 Å². The predicted molar refractivity (Wildman–Crippen MR) is 99.2 cm³/mol. The van der Waals surface area contributed by atoms with E-state index in [0.717, 1.165) is 49.8 Å². The maximum absolute atomic E-state index is 5.67. The fourth-order valence-corrected chi connectivity index (χ4v) is 3.67. The standard InChI is InChI=1S/C19H20N6O/c1-14-10-18(25-19(22-14)20-13-21-25)24-8-6-23(7-9-24)11-15-12-26-17-5-3-2-4-16(15)17/h2-5,10,12-13H,6-9,11H2,1H3. The van der Waals surface area contributed by atoms with Gasteiger partial charge in [0.15, 0.2) is 0 Å². The maximum atomic E-state index is 5.67. The highest BCUT2D eigenvalue weighted by atomic mass is 16.3. The number of nitrogens with zero attached hydrogens (tertiary/aromatic N) is 6. The molecule has 1 aliphatic heterocycles. The summed E-state index contributed by atoms with van der Waals surface area (Å²) in [4.78, 5) is 13.5. The van der Waals surface area contributed by atoms with Gasteiger partial charge in [-0.25, -0.2) is 4.98 Å². The minimum atomic E-state index is 0.660. The van der Waals surface area contributed by atoms with Crippen LogP contribution in [0, 0.1) is 6.92 Å². The third kappa shape index (κ3) is 2.61. The quantitative estimate of drug-likeness (QED) is 0.567. The number of aromatic nitrogens is 4. The normalized spacial score (nSPS) is 16.0. The van der Waals surface area contributed by atoms with Gasteiger partial charge in [-0.05, 0) is 13.0 Å². The number of rotatable bonds is 3. The molecule has 7 heteroatoms. The van der Waals surface area contributed by atoms with E-state index in [0.29, 0.717) is 5.78 Å². The average Bonchev–Trinajstić information content (AvgIpc) is 3.29. The van der Waals surface area contributed by atoms with Gasteiger partial charge in [0, 0.05) is 55.4 Å². The van der Waals surface area contributed by atoms with Gasteiger partial charge >= 0.3 is 0 Å². The van der Waals surface area contributed by atoms with E-state index < -0.39 is 0 Å². The molecule has 0 N–H and O–H groups in total. The zero-order valence-electron chi connectivity index (χ0n) is 14.7. The van der Waals surface area contributed by atoms with Crippen molar-refractivity contribution < 1.29 is 4.42 Å². The highest BCUT2D eigenvalue weighted by Crippen LogP contribution is 2.23. The van der Waals surface area contributed by atoms with Crippen LogP contribution in [0.25, 0.3) is 16.7 Å². The van der Waals surface area contributed by atoms with E-state index >= 15 is 0 Å². The van der Waals surface area contributed by atoms with E-state index in [-0.39, 0.29) is 0 Å². The first-order chi connectivity index (χ1) is 12.8. The van der Waals surface area contributed by atoms with Crippen molar-refractivity contribution in [1.82, 2.24) is 24.5 Å². The van der Waals surface area contributed by atoms with Gasteiger partial charge in [-0.3, -0.25) is 4.90 Å². The average molecular weight is 348 g/mol. The number of hydrogen-bond acceptors (Lipinski definition) is 6. The van der Waals surface area contributed by atoms with Crippen LogP contribution in [0.1, 0.15) is 11.3 Å². The van der Waals surface area contributed by atoms with Crippen molar-refractivity contribution in [2.24, 2.45) is 0 Å². The first-order valence-electron chi connectivity index (χ1n) is 8.88. The van der Waals surface area contributed by atoms with Gasteiger partial charge in [0.2, 0.25) is 0 Å². The number of anilines is 1. The molecule has 0 bridgehead atoms. The molecule has 132 valence electrons. The molecule has 1 aliphatic rings. The number of furan rings is 1. The molecule has 0 spiro atoms. The molecule has 0 amide bonds. The molecule has 0 atom stereocenters. The first kappa shape index (κ1) is 15.3. The van der Waals surface area contributed by atoms with E-state index in [9.17, 15) is 0 Å². The van der Waals surface area contributed by atoms with Crippen LogP contribution in [0.3, 0.4) is 0 Å². The molecular formula is C19H20N6O. The zero-order valence-corrected chi connectivity index (χ0v) is 14.7. The second-order valence-corrected chi connectivity index (χ2v) is 6.75. The van der Waals surface area contributed by atoms with Crippen LogP contribution in [-0.4, -0.2) is 50.7 Å². The number of para-hydroxylation sites is 1. The lowest BCUT2D eigenvalue weighted by Gasteiger charge is -2.35. The largest absolute Gasteiger partial charge is 0.464 e. The Labute approximate surface area is 150 Å². The minimum absolute atomic E-state index is 0.660. The summed E-state index contributed by atoms with van der Waals surface area (Å²) in [6, 6.07) is 10.3. The zero-order chi connectivity index (χ0) is 17.5. The van der Waals surface area contributed by atoms with Gasteiger partial charge in [0.05, 0.1) is 6.26 Å². The molecule has 7 nitrogen and oxygen atoms in total. The molecule has 1 aromatic carbocycles. The van der Waals surface area contributed by atoms with Gasteiger partial charge in [0.25, 0.3) is 5.78 Å². The van der Waals surface area contributed by atoms with Gasteiger partial charge in [0.1, 0.15) is 17.7 Å². The molecule has 26 heavy (non-hydrogen) atoms. The second-order valence-electron chi connectivity index (χ2n) is 6.75. The third-order valence-corrected chi connectivity index (χ3v) is 5.01. The molecule has 0 aliphatic carbocycles. The number of hydrogen-bond donors (Lipinski definition) is 0. The summed E-state index contributed by atoms with van der Waals surface area (Å²) in [7, 11) is 0. The van der Waals surface area contributed by atoms with Crippen LogP contribution in [0.2, 0.25) is 0 Å². The molecule has 0 radical (unpaired) electrons. The molecule has 3 aromatic heterocycles. The minimum Gasteiger partial charge on any atom is -0.464 e. The molecule has 0 saturated carbocycles. The lowest BCUT2D eigenvalue weighted by atomic mass is 10.1. The summed E-state index contributed by atoms with van der Waals surface area (Å²) in [5.41, 5.74) is 3.18. The number of piperazine rings is 1. The Hall–Kier alpha value is -2.93. The number of benzene rings is 1. The van der Waals surface area contributed by atoms with Crippen LogP contribution < -0.4 is 4.90 Å². The Morgan fingerprint density at radius 1 is 1.12 bits per heavy atom. The summed E-state index contributed by atoms with van der Waals surface area (Å²) in [5.74, 6) is 1.73. The lowest BCUT2D eigenvalue weighted by molar-refractivity contribution is 0.249. The van der Waals surface area contributed by atoms with Crippen molar-refractivity contribution >= 4 is 22.6 Å². The van der Waals surface area contributed by atoms with Crippen LogP contribution in [0.4, 0.5) is 5.82 Å². The first-order valence-corrected chi connectivity index (χ1v) is 8.88. The Kier molecular flexibility index (Phi) is 3.60. The van der Waals surface area contributed by atoms with Crippen LogP contribution in [-0.2, 0) is 6.54 Å². The molecule has 0 unspecified atom stereocenters. The van der Waals surface area contributed by atoms with Crippen molar-refractivity contribution in [3.63, 3.8) is 0 Å². The van der Waals surface area contributed by atoms with Crippen molar-refractivity contribution in [2.75, 3.05) is 31.1 Å². The van der Waals surface area contributed by atoms with Gasteiger partial charge in [-0.1, -0.05) is 18.2 Å². The summed E-state index contributed by atoms with van der Waals surface area (Å²) in [6.45, 7) is 6.81. The summed E-state index contributed by atoms with van der Waals surface area (Å²) in [5, 5.41) is 5.54. The lowest BCUT2D eigenvalue weighted by Crippen LogP contribution is -2.46. The smallest absolute Gasteiger partial charge is 0.254 e. The summed E-state index contributed by atoms with van der Waals surface area (Å²) >= 11 is 0. The number of aryl methyl sites for hydroxylation is 1. The van der Waals surface area contributed by atoms with Gasteiger partial charge < -0.3 is 9.32 Å². The van der Waals surface area contributed by atoms with E-state index in [4.69, 9.17) is 4.42 Å².